The van der Waals surface area contributed by atoms with Crippen molar-refractivity contribution >= 4 is 11.9 Å². The molecule has 0 spiro atoms. The maximum Gasteiger partial charge on any atom is 0.303 e. The van der Waals surface area contributed by atoms with Crippen LogP contribution in [0.2, 0.25) is 0 Å². The van der Waals surface area contributed by atoms with Crippen LogP contribution in [0.5, 0.6) is 0 Å². The second-order valence-corrected chi connectivity index (χ2v) is 4.51. The number of carboxylic acids is 1. The SMILES string of the molecule is NC1(NC(=O)CCCCCCC(=O)O)CC1. The minimum atomic E-state index is -0.753. The van der Waals surface area contributed by atoms with Crippen LogP contribution in [0.3, 0.4) is 0 Å². The highest BCUT2D eigenvalue weighted by Gasteiger charge is 2.39. The third-order valence-electron chi connectivity index (χ3n) is 2.72. The lowest BCUT2D eigenvalue weighted by Crippen LogP contribution is -2.43. The minimum Gasteiger partial charge on any atom is -0.481 e. The quantitative estimate of drug-likeness (QED) is 0.426. The number of hydrogen-bond donors (Lipinski definition) is 3. The second kappa shape index (κ2) is 5.84. The molecule has 1 saturated carbocycles. The van der Waals surface area contributed by atoms with Gasteiger partial charge in [0.15, 0.2) is 0 Å². The Hall–Kier alpha value is -1.10. The molecule has 4 N–H and O–H groups in total. The normalized spacial score (nSPS) is 16.8. The van der Waals surface area contributed by atoms with E-state index in [-0.39, 0.29) is 12.3 Å². The summed E-state index contributed by atoms with van der Waals surface area (Å²) in [4.78, 5) is 21.6. The molecule has 0 aromatic carbocycles. The van der Waals surface area contributed by atoms with Crippen LogP contribution in [0.15, 0.2) is 0 Å². The first-order chi connectivity index (χ1) is 7.52. The Bertz CT molecular complexity index is 262. The van der Waals surface area contributed by atoms with Gasteiger partial charge in [0.1, 0.15) is 0 Å². The van der Waals surface area contributed by atoms with Crippen LogP contribution in [0.1, 0.15) is 51.4 Å². The van der Waals surface area contributed by atoms with Crippen molar-refractivity contribution in [3.63, 3.8) is 0 Å². The van der Waals surface area contributed by atoms with E-state index in [1.54, 1.807) is 0 Å². The van der Waals surface area contributed by atoms with Gasteiger partial charge in [0.2, 0.25) is 5.91 Å². The highest BCUT2D eigenvalue weighted by molar-refractivity contribution is 5.77. The summed E-state index contributed by atoms with van der Waals surface area (Å²) in [6.45, 7) is 0. The van der Waals surface area contributed by atoms with Crippen molar-refractivity contribution in [2.45, 2.75) is 57.0 Å². The topological polar surface area (TPSA) is 92.4 Å². The lowest BCUT2D eigenvalue weighted by molar-refractivity contribution is -0.137. The lowest BCUT2D eigenvalue weighted by Gasteiger charge is -2.10. The Morgan fingerprint density at radius 3 is 2.19 bits per heavy atom. The molecule has 0 unspecified atom stereocenters. The fourth-order valence-corrected chi connectivity index (χ4v) is 1.52. The molecule has 1 fully saturated rings. The molecule has 1 amide bonds. The van der Waals surface area contributed by atoms with Gasteiger partial charge in [0.05, 0.1) is 5.66 Å². The Morgan fingerprint density at radius 2 is 1.69 bits per heavy atom. The van der Waals surface area contributed by atoms with Crippen molar-refractivity contribution in [2.24, 2.45) is 5.73 Å². The summed E-state index contributed by atoms with van der Waals surface area (Å²) in [5.41, 5.74) is 5.32. The number of aliphatic carboxylic acids is 1. The van der Waals surface area contributed by atoms with Crippen molar-refractivity contribution < 1.29 is 14.7 Å². The van der Waals surface area contributed by atoms with Gasteiger partial charge in [-0.1, -0.05) is 12.8 Å². The Kier molecular flexibility index (Phi) is 4.73. The maximum absolute atomic E-state index is 11.4. The molecule has 0 saturated heterocycles. The van der Waals surface area contributed by atoms with Crippen LogP contribution in [0.4, 0.5) is 0 Å². The molecular formula is C11H20N2O3. The number of carbonyl (C=O) groups is 2. The van der Waals surface area contributed by atoms with Crippen molar-refractivity contribution in [1.82, 2.24) is 5.32 Å². The number of nitrogens with one attached hydrogen (secondary N) is 1. The van der Waals surface area contributed by atoms with Crippen molar-refractivity contribution in [3.05, 3.63) is 0 Å². The van der Waals surface area contributed by atoms with Gasteiger partial charge in [-0.2, -0.15) is 0 Å². The molecule has 0 aromatic heterocycles. The molecule has 1 aliphatic rings. The van der Waals surface area contributed by atoms with Gasteiger partial charge in [0.25, 0.3) is 0 Å². The summed E-state index contributed by atoms with van der Waals surface area (Å²) in [6, 6.07) is 0. The summed E-state index contributed by atoms with van der Waals surface area (Å²) >= 11 is 0. The van der Waals surface area contributed by atoms with Gasteiger partial charge >= 0.3 is 5.97 Å². The summed E-state index contributed by atoms with van der Waals surface area (Å²) in [6.07, 6.45) is 5.73. The zero-order chi connectivity index (χ0) is 12.0. The maximum atomic E-state index is 11.4. The fraction of sp³-hybridized carbons (Fsp3) is 0.818. The number of rotatable bonds is 8. The van der Waals surface area contributed by atoms with Crippen LogP contribution in [0, 0.1) is 0 Å². The van der Waals surface area contributed by atoms with Crippen molar-refractivity contribution in [1.29, 1.82) is 0 Å². The van der Waals surface area contributed by atoms with Crippen LogP contribution in [0.25, 0.3) is 0 Å². The van der Waals surface area contributed by atoms with E-state index in [1.807, 2.05) is 0 Å². The van der Waals surface area contributed by atoms with E-state index in [2.05, 4.69) is 5.32 Å². The lowest BCUT2D eigenvalue weighted by atomic mass is 10.1. The molecule has 0 atom stereocenters. The average Bonchev–Trinajstić information content (AvgIpc) is 2.89. The van der Waals surface area contributed by atoms with Gasteiger partial charge in [-0.15, -0.1) is 0 Å². The fourth-order valence-electron chi connectivity index (χ4n) is 1.52. The molecule has 92 valence electrons. The number of nitrogens with two attached hydrogens (primary N) is 1. The first-order valence-electron chi connectivity index (χ1n) is 5.83. The van der Waals surface area contributed by atoms with E-state index < -0.39 is 11.6 Å². The van der Waals surface area contributed by atoms with E-state index >= 15 is 0 Å². The predicted molar refractivity (Wildman–Crippen MR) is 59.6 cm³/mol. The monoisotopic (exact) mass is 228 g/mol. The third kappa shape index (κ3) is 5.70. The van der Waals surface area contributed by atoms with E-state index in [0.29, 0.717) is 12.8 Å². The number of hydrogen-bond acceptors (Lipinski definition) is 3. The number of amides is 1. The molecular weight excluding hydrogens is 208 g/mol. The Balaban J connectivity index is 1.90. The van der Waals surface area contributed by atoms with Crippen LogP contribution >= 0.6 is 0 Å². The van der Waals surface area contributed by atoms with Gasteiger partial charge in [-0.25, -0.2) is 0 Å². The highest BCUT2D eigenvalue weighted by atomic mass is 16.4. The number of carbonyl (C=O) groups excluding carboxylic acids is 1. The summed E-state index contributed by atoms with van der Waals surface area (Å²) in [7, 11) is 0. The molecule has 0 bridgehead atoms. The van der Waals surface area contributed by atoms with Crippen molar-refractivity contribution in [3.8, 4) is 0 Å². The van der Waals surface area contributed by atoms with Crippen LogP contribution in [-0.4, -0.2) is 22.6 Å². The summed E-state index contributed by atoms with van der Waals surface area (Å²) in [5.74, 6) is -0.741. The van der Waals surface area contributed by atoms with Gasteiger partial charge < -0.3 is 16.2 Å². The smallest absolute Gasteiger partial charge is 0.303 e. The first-order valence-corrected chi connectivity index (χ1v) is 5.83. The Labute approximate surface area is 95.4 Å². The molecule has 5 nitrogen and oxygen atoms in total. The first kappa shape index (κ1) is 13.0. The molecule has 1 aliphatic carbocycles. The molecule has 0 radical (unpaired) electrons. The molecule has 0 aliphatic heterocycles. The molecule has 5 heteroatoms. The second-order valence-electron chi connectivity index (χ2n) is 4.51. The zero-order valence-corrected chi connectivity index (χ0v) is 9.50. The van der Waals surface area contributed by atoms with Gasteiger partial charge in [-0.05, 0) is 25.7 Å². The highest BCUT2D eigenvalue weighted by Crippen LogP contribution is 2.28. The van der Waals surface area contributed by atoms with E-state index in [9.17, 15) is 9.59 Å². The molecule has 1 rings (SSSR count). The third-order valence-corrected chi connectivity index (χ3v) is 2.72. The summed E-state index contributed by atoms with van der Waals surface area (Å²) < 4.78 is 0. The largest absolute Gasteiger partial charge is 0.481 e. The Morgan fingerprint density at radius 1 is 1.12 bits per heavy atom. The predicted octanol–water partition coefficient (Wildman–Crippen LogP) is 0.977. The zero-order valence-electron chi connectivity index (χ0n) is 9.50. The number of unbranched alkanes of at least 4 members (excludes halogenated alkanes) is 3. The van der Waals surface area contributed by atoms with Crippen LogP contribution < -0.4 is 11.1 Å². The molecule has 16 heavy (non-hydrogen) atoms. The van der Waals surface area contributed by atoms with E-state index in [1.165, 1.54) is 0 Å². The summed E-state index contributed by atoms with van der Waals surface area (Å²) in [5, 5.41) is 11.2. The van der Waals surface area contributed by atoms with Crippen molar-refractivity contribution in [2.75, 3.05) is 0 Å². The number of carboxylic acid groups (broad SMARTS) is 1. The average molecular weight is 228 g/mol. The van der Waals surface area contributed by atoms with E-state index in [4.69, 9.17) is 10.8 Å². The van der Waals surface area contributed by atoms with Gasteiger partial charge in [-0.3, -0.25) is 9.59 Å². The van der Waals surface area contributed by atoms with Gasteiger partial charge in [0, 0.05) is 12.8 Å². The molecule has 0 heterocycles. The molecule has 0 aromatic rings. The van der Waals surface area contributed by atoms with Crippen LogP contribution in [-0.2, 0) is 9.59 Å². The minimum absolute atomic E-state index is 0.0123. The van der Waals surface area contributed by atoms with E-state index in [0.717, 1.165) is 32.1 Å². The standard InChI is InChI=1S/C11H20N2O3/c12-11(7-8-11)13-9(14)5-3-1-2-4-6-10(15)16/h1-8,12H2,(H,13,14)(H,15,16).